The Bertz CT molecular complexity index is 325. The SMILES string of the molecule is CC(C)(C)n1cc(CCC(=O)O)nn1. The molecule has 0 saturated heterocycles. The summed E-state index contributed by atoms with van der Waals surface area (Å²) in [4.78, 5) is 10.3. The zero-order valence-corrected chi connectivity index (χ0v) is 8.69. The third-order valence-electron chi connectivity index (χ3n) is 1.82. The zero-order valence-electron chi connectivity index (χ0n) is 8.69. The highest BCUT2D eigenvalue weighted by molar-refractivity contribution is 5.66. The highest BCUT2D eigenvalue weighted by atomic mass is 16.4. The van der Waals surface area contributed by atoms with Gasteiger partial charge in [-0.25, -0.2) is 4.68 Å². The summed E-state index contributed by atoms with van der Waals surface area (Å²) in [6.07, 6.45) is 2.33. The number of carboxylic acids is 1. The summed E-state index contributed by atoms with van der Waals surface area (Å²) in [5, 5.41) is 16.3. The van der Waals surface area contributed by atoms with Gasteiger partial charge in [0.05, 0.1) is 17.7 Å². The first-order chi connectivity index (χ1) is 6.39. The second-order valence-corrected chi connectivity index (χ2v) is 4.22. The van der Waals surface area contributed by atoms with E-state index in [0.29, 0.717) is 6.42 Å². The number of nitrogens with zero attached hydrogens (tertiary/aromatic N) is 3. The lowest BCUT2D eigenvalue weighted by atomic mass is 10.1. The van der Waals surface area contributed by atoms with Crippen molar-refractivity contribution in [2.45, 2.75) is 39.2 Å². The molecule has 0 bridgehead atoms. The summed E-state index contributed by atoms with van der Waals surface area (Å²) in [7, 11) is 0. The first-order valence-corrected chi connectivity index (χ1v) is 4.53. The molecule has 0 atom stereocenters. The van der Waals surface area contributed by atoms with E-state index in [9.17, 15) is 4.79 Å². The van der Waals surface area contributed by atoms with Crippen molar-refractivity contribution in [2.75, 3.05) is 0 Å². The normalized spacial score (nSPS) is 11.6. The minimum absolute atomic E-state index is 0.100. The van der Waals surface area contributed by atoms with E-state index in [1.165, 1.54) is 0 Å². The Hall–Kier alpha value is -1.39. The van der Waals surface area contributed by atoms with E-state index in [2.05, 4.69) is 10.3 Å². The molecule has 0 unspecified atom stereocenters. The van der Waals surface area contributed by atoms with Crippen molar-refractivity contribution in [3.05, 3.63) is 11.9 Å². The van der Waals surface area contributed by atoms with E-state index in [1.54, 1.807) is 10.9 Å². The molecule has 0 aliphatic heterocycles. The number of carboxylic acid groups (broad SMARTS) is 1. The minimum Gasteiger partial charge on any atom is -0.481 e. The van der Waals surface area contributed by atoms with Gasteiger partial charge in [0.15, 0.2) is 0 Å². The van der Waals surface area contributed by atoms with E-state index in [4.69, 9.17) is 5.11 Å². The van der Waals surface area contributed by atoms with Gasteiger partial charge < -0.3 is 5.11 Å². The quantitative estimate of drug-likeness (QED) is 0.786. The monoisotopic (exact) mass is 197 g/mol. The average Bonchev–Trinajstić information content (AvgIpc) is 2.47. The maximum absolute atomic E-state index is 10.3. The van der Waals surface area contributed by atoms with Crippen molar-refractivity contribution in [3.8, 4) is 0 Å². The van der Waals surface area contributed by atoms with Gasteiger partial charge in [-0.1, -0.05) is 5.21 Å². The van der Waals surface area contributed by atoms with Crippen LogP contribution in [0.25, 0.3) is 0 Å². The van der Waals surface area contributed by atoms with Crippen LogP contribution in [0.15, 0.2) is 6.20 Å². The molecule has 0 aliphatic rings. The summed E-state index contributed by atoms with van der Waals surface area (Å²) in [5.41, 5.74) is 0.622. The van der Waals surface area contributed by atoms with Gasteiger partial charge >= 0.3 is 5.97 Å². The van der Waals surface area contributed by atoms with Crippen LogP contribution in [0, 0.1) is 0 Å². The molecule has 0 fully saturated rings. The highest BCUT2D eigenvalue weighted by Crippen LogP contribution is 2.12. The van der Waals surface area contributed by atoms with Gasteiger partial charge in [-0.05, 0) is 20.8 Å². The van der Waals surface area contributed by atoms with Gasteiger partial charge in [0.1, 0.15) is 0 Å². The molecule has 14 heavy (non-hydrogen) atoms. The van der Waals surface area contributed by atoms with Crippen LogP contribution in [0.4, 0.5) is 0 Å². The van der Waals surface area contributed by atoms with Crippen LogP contribution in [0.3, 0.4) is 0 Å². The van der Waals surface area contributed by atoms with Gasteiger partial charge in [0, 0.05) is 12.6 Å². The largest absolute Gasteiger partial charge is 0.481 e. The number of hydrogen-bond donors (Lipinski definition) is 1. The van der Waals surface area contributed by atoms with Crippen molar-refractivity contribution in [2.24, 2.45) is 0 Å². The minimum atomic E-state index is -0.810. The fraction of sp³-hybridized carbons (Fsp3) is 0.667. The van der Waals surface area contributed by atoms with Gasteiger partial charge in [-0.3, -0.25) is 4.79 Å². The van der Waals surface area contributed by atoms with Crippen LogP contribution in [-0.4, -0.2) is 26.1 Å². The number of hydrogen-bond acceptors (Lipinski definition) is 3. The van der Waals surface area contributed by atoms with Crippen LogP contribution in [0.5, 0.6) is 0 Å². The molecule has 1 N–H and O–H groups in total. The van der Waals surface area contributed by atoms with Crippen LogP contribution in [0.1, 0.15) is 32.9 Å². The summed E-state index contributed by atoms with van der Waals surface area (Å²) in [6, 6.07) is 0. The van der Waals surface area contributed by atoms with Crippen LogP contribution in [0.2, 0.25) is 0 Å². The third-order valence-corrected chi connectivity index (χ3v) is 1.82. The maximum atomic E-state index is 10.3. The molecule has 1 aromatic heterocycles. The molecule has 5 heteroatoms. The third kappa shape index (κ3) is 2.83. The molecule has 1 rings (SSSR count). The summed E-state index contributed by atoms with van der Waals surface area (Å²) < 4.78 is 1.74. The van der Waals surface area contributed by atoms with E-state index in [1.807, 2.05) is 20.8 Å². The van der Waals surface area contributed by atoms with Gasteiger partial charge in [-0.15, -0.1) is 5.10 Å². The summed E-state index contributed by atoms with van der Waals surface area (Å²) >= 11 is 0. The Morgan fingerprint density at radius 2 is 2.21 bits per heavy atom. The Morgan fingerprint density at radius 1 is 1.57 bits per heavy atom. The van der Waals surface area contributed by atoms with Gasteiger partial charge in [0.25, 0.3) is 0 Å². The zero-order chi connectivity index (χ0) is 10.8. The number of aliphatic carboxylic acids is 1. The van der Waals surface area contributed by atoms with Crippen LogP contribution in [-0.2, 0) is 16.8 Å². The lowest BCUT2D eigenvalue weighted by Crippen LogP contribution is -2.22. The first kappa shape index (κ1) is 10.7. The molecule has 0 spiro atoms. The van der Waals surface area contributed by atoms with E-state index < -0.39 is 5.97 Å². The van der Waals surface area contributed by atoms with Crippen molar-refractivity contribution in [1.29, 1.82) is 0 Å². The molecule has 1 heterocycles. The maximum Gasteiger partial charge on any atom is 0.303 e. The molecule has 0 aliphatic carbocycles. The van der Waals surface area contributed by atoms with Crippen LogP contribution >= 0.6 is 0 Å². The standard InChI is InChI=1S/C9H15N3O2/c1-9(2,3)12-6-7(10-11-12)4-5-8(13)14/h6H,4-5H2,1-3H3,(H,13,14). The summed E-state index contributed by atoms with van der Waals surface area (Å²) in [6.45, 7) is 6.05. The molecule has 0 saturated carbocycles. The molecular formula is C9H15N3O2. The van der Waals surface area contributed by atoms with Gasteiger partial charge in [0.2, 0.25) is 0 Å². The molecule has 0 radical (unpaired) electrons. The molecule has 0 amide bonds. The number of rotatable bonds is 3. The van der Waals surface area contributed by atoms with Crippen molar-refractivity contribution in [3.63, 3.8) is 0 Å². The van der Waals surface area contributed by atoms with Crippen molar-refractivity contribution < 1.29 is 9.90 Å². The smallest absolute Gasteiger partial charge is 0.303 e. The van der Waals surface area contributed by atoms with Gasteiger partial charge in [-0.2, -0.15) is 0 Å². The number of aromatic nitrogens is 3. The Balaban J connectivity index is 2.64. The molecule has 78 valence electrons. The fourth-order valence-corrected chi connectivity index (χ4v) is 0.976. The fourth-order valence-electron chi connectivity index (χ4n) is 0.976. The van der Waals surface area contributed by atoms with Crippen LogP contribution < -0.4 is 0 Å². The molecule has 0 aromatic carbocycles. The topological polar surface area (TPSA) is 68.0 Å². The van der Waals surface area contributed by atoms with Crippen molar-refractivity contribution >= 4 is 5.97 Å². The first-order valence-electron chi connectivity index (χ1n) is 4.53. The van der Waals surface area contributed by atoms with E-state index in [0.717, 1.165) is 5.69 Å². The van der Waals surface area contributed by atoms with E-state index in [-0.39, 0.29) is 12.0 Å². The Kier molecular flexibility index (Phi) is 2.88. The molecule has 1 aromatic rings. The highest BCUT2D eigenvalue weighted by Gasteiger charge is 2.15. The molecular weight excluding hydrogens is 182 g/mol. The molecule has 5 nitrogen and oxygen atoms in total. The predicted octanol–water partition coefficient (Wildman–Crippen LogP) is 1.05. The Labute approximate surface area is 82.7 Å². The number of aryl methyl sites for hydroxylation is 1. The van der Waals surface area contributed by atoms with Crippen molar-refractivity contribution in [1.82, 2.24) is 15.0 Å². The Morgan fingerprint density at radius 3 is 2.64 bits per heavy atom. The summed E-state index contributed by atoms with van der Waals surface area (Å²) in [5.74, 6) is -0.810. The predicted molar refractivity (Wildman–Crippen MR) is 51.0 cm³/mol. The second-order valence-electron chi connectivity index (χ2n) is 4.22. The average molecular weight is 197 g/mol. The lowest BCUT2D eigenvalue weighted by Gasteiger charge is -2.17. The lowest BCUT2D eigenvalue weighted by molar-refractivity contribution is -0.136. The van der Waals surface area contributed by atoms with E-state index >= 15 is 0 Å². The second kappa shape index (κ2) is 3.77. The number of carbonyl (C=O) groups is 1.